The summed E-state index contributed by atoms with van der Waals surface area (Å²) in [7, 11) is 1.71. The molecule has 4 aromatic carbocycles. The van der Waals surface area contributed by atoms with Crippen molar-refractivity contribution in [2.45, 2.75) is 12.3 Å². The molecule has 4 aromatic rings. The van der Waals surface area contributed by atoms with Crippen LogP contribution in [0, 0.1) is 0 Å². The number of fused-ring (bicyclic) bond motifs is 1. The molecule has 1 nitrogen and oxygen atoms in total. The third-order valence-corrected chi connectivity index (χ3v) is 4.98. The molecule has 1 atom stereocenters. The molecular formula is C25H22O. The minimum Gasteiger partial charge on any atom is -0.497 e. The lowest BCUT2D eigenvalue weighted by atomic mass is 9.85. The summed E-state index contributed by atoms with van der Waals surface area (Å²) >= 11 is 0. The maximum absolute atomic E-state index is 5.33. The number of ether oxygens (including phenoxy) is 1. The Morgan fingerprint density at radius 2 is 1.31 bits per heavy atom. The first-order valence-corrected chi connectivity index (χ1v) is 9.00. The van der Waals surface area contributed by atoms with Gasteiger partial charge in [-0.2, -0.15) is 0 Å². The van der Waals surface area contributed by atoms with Gasteiger partial charge in [0.05, 0.1) is 7.11 Å². The highest BCUT2D eigenvalue weighted by Crippen LogP contribution is 2.31. The third-order valence-electron chi connectivity index (χ3n) is 4.98. The van der Waals surface area contributed by atoms with Gasteiger partial charge in [-0.3, -0.25) is 0 Å². The van der Waals surface area contributed by atoms with E-state index >= 15 is 0 Å². The van der Waals surface area contributed by atoms with E-state index in [0.29, 0.717) is 5.92 Å². The molecule has 0 saturated carbocycles. The Labute approximate surface area is 154 Å². The van der Waals surface area contributed by atoms with Gasteiger partial charge in [0.2, 0.25) is 0 Å². The van der Waals surface area contributed by atoms with E-state index < -0.39 is 0 Å². The molecule has 0 aromatic heterocycles. The van der Waals surface area contributed by atoms with Crippen molar-refractivity contribution in [2.24, 2.45) is 0 Å². The first-order chi connectivity index (χ1) is 12.8. The van der Waals surface area contributed by atoms with Gasteiger partial charge in [-0.1, -0.05) is 84.9 Å². The fourth-order valence-corrected chi connectivity index (χ4v) is 3.54. The molecule has 0 radical (unpaired) electrons. The van der Waals surface area contributed by atoms with Crippen molar-refractivity contribution in [3.05, 3.63) is 114 Å². The Balaban J connectivity index is 1.77. The summed E-state index contributed by atoms with van der Waals surface area (Å²) in [6.45, 7) is 0. The van der Waals surface area contributed by atoms with Crippen LogP contribution in [0.4, 0.5) is 0 Å². The first-order valence-electron chi connectivity index (χ1n) is 9.00. The molecule has 0 aliphatic heterocycles. The molecule has 0 aliphatic carbocycles. The predicted molar refractivity (Wildman–Crippen MR) is 109 cm³/mol. The number of hydrogen-bond acceptors (Lipinski definition) is 1. The number of methoxy groups -OCH3 is 1. The van der Waals surface area contributed by atoms with Crippen molar-refractivity contribution in [2.75, 3.05) is 7.11 Å². The van der Waals surface area contributed by atoms with E-state index in [4.69, 9.17) is 4.74 Å². The summed E-state index contributed by atoms with van der Waals surface area (Å²) in [5, 5.41) is 2.57. The van der Waals surface area contributed by atoms with Gasteiger partial charge in [0.15, 0.2) is 0 Å². The third kappa shape index (κ3) is 3.48. The lowest BCUT2D eigenvalue weighted by Crippen LogP contribution is -2.05. The van der Waals surface area contributed by atoms with E-state index in [-0.39, 0.29) is 0 Å². The van der Waals surface area contributed by atoms with Crippen molar-refractivity contribution in [1.82, 2.24) is 0 Å². The molecule has 0 aliphatic rings. The van der Waals surface area contributed by atoms with Gasteiger partial charge in [0.25, 0.3) is 0 Å². The van der Waals surface area contributed by atoms with Gasteiger partial charge >= 0.3 is 0 Å². The van der Waals surface area contributed by atoms with Gasteiger partial charge in [-0.05, 0) is 46.0 Å². The summed E-state index contributed by atoms with van der Waals surface area (Å²) in [5.41, 5.74) is 4.00. The highest BCUT2D eigenvalue weighted by Gasteiger charge is 2.16. The van der Waals surface area contributed by atoms with Crippen LogP contribution in [0.1, 0.15) is 22.6 Å². The monoisotopic (exact) mass is 338 g/mol. The minimum absolute atomic E-state index is 0.313. The maximum atomic E-state index is 5.33. The summed E-state index contributed by atoms with van der Waals surface area (Å²) in [6, 6.07) is 34.5. The van der Waals surface area contributed by atoms with Gasteiger partial charge < -0.3 is 4.74 Å². The largest absolute Gasteiger partial charge is 0.497 e. The van der Waals surface area contributed by atoms with Crippen molar-refractivity contribution >= 4 is 10.8 Å². The molecule has 0 bridgehead atoms. The number of benzene rings is 4. The summed E-state index contributed by atoms with van der Waals surface area (Å²) in [4.78, 5) is 0. The van der Waals surface area contributed by atoms with Crippen molar-refractivity contribution in [3.8, 4) is 5.75 Å². The zero-order valence-corrected chi connectivity index (χ0v) is 14.9. The maximum Gasteiger partial charge on any atom is 0.118 e. The Bertz CT molecular complexity index is 987. The van der Waals surface area contributed by atoms with Crippen molar-refractivity contribution < 1.29 is 4.74 Å². The quantitative estimate of drug-likeness (QED) is 0.419. The topological polar surface area (TPSA) is 9.23 Å². The number of hydrogen-bond donors (Lipinski definition) is 0. The van der Waals surface area contributed by atoms with Gasteiger partial charge in [0.1, 0.15) is 5.75 Å². The van der Waals surface area contributed by atoms with Crippen LogP contribution in [0.3, 0.4) is 0 Å². The molecule has 0 amide bonds. The lowest BCUT2D eigenvalue weighted by Gasteiger charge is -2.19. The smallest absolute Gasteiger partial charge is 0.118 e. The zero-order chi connectivity index (χ0) is 17.8. The first kappa shape index (κ1) is 16.4. The van der Waals surface area contributed by atoms with E-state index in [2.05, 4.69) is 84.9 Å². The van der Waals surface area contributed by atoms with Gasteiger partial charge in [-0.15, -0.1) is 0 Å². The van der Waals surface area contributed by atoms with Crippen LogP contribution in [0.15, 0.2) is 97.1 Å². The van der Waals surface area contributed by atoms with E-state index in [0.717, 1.165) is 12.2 Å². The molecule has 0 N–H and O–H groups in total. The van der Waals surface area contributed by atoms with Crippen LogP contribution in [0.5, 0.6) is 5.75 Å². The summed E-state index contributed by atoms with van der Waals surface area (Å²) in [6.07, 6.45) is 0.978. The average molecular weight is 338 g/mol. The number of rotatable bonds is 5. The average Bonchev–Trinajstić information content (AvgIpc) is 2.72. The van der Waals surface area contributed by atoms with Crippen LogP contribution >= 0.6 is 0 Å². The summed E-state index contributed by atoms with van der Waals surface area (Å²) < 4.78 is 5.33. The second kappa shape index (κ2) is 7.45. The van der Waals surface area contributed by atoms with E-state index in [9.17, 15) is 0 Å². The second-order valence-corrected chi connectivity index (χ2v) is 6.62. The van der Waals surface area contributed by atoms with Crippen molar-refractivity contribution in [3.63, 3.8) is 0 Å². The van der Waals surface area contributed by atoms with Crippen LogP contribution in [-0.4, -0.2) is 7.11 Å². The molecule has 0 heterocycles. The van der Waals surface area contributed by atoms with Crippen LogP contribution in [-0.2, 0) is 6.42 Å². The van der Waals surface area contributed by atoms with Crippen LogP contribution in [0.25, 0.3) is 10.8 Å². The molecule has 128 valence electrons. The second-order valence-electron chi connectivity index (χ2n) is 6.62. The molecule has 1 unspecified atom stereocenters. The lowest BCUT2D eigenvalue weighted by molar-refractivity contribution is 0.414. The van der Waals surface area contributed by atoms with Crippen molar-refractivity contribution in [1.29, 1.82) is 0 Å². The molecular weight excluding hydrogens is 316 g/mol. The Morgan fingerprint density at radius 1 is 0.654 bits per heavy atom. The fraction of sp³-hybridized carbons (Fsp3) is 0.120. The van der Waals surface area contributed by atoms with Gasteiger partial charge in [0, 0.05) is 5.92 Å². The Hall–Kier alpha value is -3.06. The SMILES string of the molecule is COc1ccc(C(Cc2ccccc2)c2ccc3ccccc3c2)cc1. The molecule has 1 heteroatoms. The molecule has 26 heavy (non-hydrogen) atoms. The Kier molecular flexibility index (Phi) is 4.70. The minimum atomic E-state index is 0.313. The molecule has 0 spiro atoms. The molecule has 0 fully saturated rings. The van der Waals surface area contributed by atoms with E-state index in [1.54, 1.807) is 7.11 Å². The van der Waals surface area contributed by atoms with E-state index in [1.807, 2.05) is 12.1 Å². The zero-order valence-electron chi connectivity index (χ0n) is 14.9. The van der Waals surface area contributed by atoms with E-state index in [1.165, 1.54) is 27.5 Å². The summed E-state index contributed by atoms with van der Waals surface area (Å²) in [5.74, 6) is 1.21. The standard InChI is InChI=1S/C25H22O/c1-26-24-15-13-21(14-16-24)25(17-19-7-3-2-4-8-19)23-12-11-20-9-5-6-10-22(20)18-23/h2-16,18,25H,17H2,1H3. The highest BCUT2D eigenvalue weighted by atomic mass is 16.5. The Morgan fingerprint density at radius 3 is 2.04 bits per heavy atom. The van der Waals surface area contributed by atoms with Crippen LogP contribution < -0.4 is 4.74 Å². The van der Waals surface area contributed by atoms with Crippen LogP contribution in [0.2, 0.25) is 0 Å². The highest BCUT2D eigenvalue weighted by molar-refractivity contribution is 5.83. The molecule has 0 saturated heterocycles. The normalized spacial score (nSPS) is 12.0. The van der Waals surface area contributed by atoms with Gasteiger partial charge in [-0.25, -0.2) is 0 Å². The fourth-order valence-electron chi connectivity index (χ4n) is 3.54. The predicted octanol–water partition coefficient (Wildman–Crippen LogP) is 6.22. The molecule has 4 rings (SSSR count).